The minimum absolute atomic E-state index is 0.0000449. The Morgan fingerprint density at radius 2 is 2.15 bits per heavy atom. The summed E-state index contributed by atoms with van der Waals surface area (Å²) in [4.78, 5) is 16.7. The summed E-state index contributed by atoms with van der Waals surface area (Å²) in [6.07, 6.45) is 0. The normalized spacial score (nSPS) is 20.8. The highest BCUT2D eigenvalue weighted by molar-refractivity contribution is 5.95. The summed E-state index contributed by atoms with van der Waals surface area (Å²) in [6.45, 7) is 8.79. The predicted molar refractivity (Wildman–Crippen MR) is 82.6 cm³/mol. The molecule has 110 valence electrons. The second-order valence-corrected chi connectivity index (χ2v) is 5.35. The number of carbonyl (C=O) groups is 1. The maximum atomic E-state index is 12.1. The van der Waals surface area contributed by atoms with Crippen LogP contribution in [0.15, 0.2) is 24.3 Å². The standard InChI is InChI=1S/C15H24N4O/c1-3-19-9-8-18(10-12(19)2)11-15(20)17-14-7-5-4-6-13(14)16/h4-7,12H,3,8-11,16H2,1-2H3,(H,17,20). The van der Waals surface area contributed by atoms with Gasteiger partial charge in [-0.25, -0.2) is 0 Å². The lowest BCUT2D eigenvalue weighted by Crippen LogP contribution is -2.53. The SMILES string of the molecule is CCN1CCN(CC(=O)Nc2ccccc2N)CC1C. The summed E-state index contributed by atoms with van der Waals surface area (Å²) in [7, 11) is 0. The fraction of sp³-hybridized carbons (Fsp3) is 0.533. The van der Waals surface area contributed by atoms with Crippen molar-refractivity contribution in [2.24, 2.45) is 0 Å². The second kappa shape index (κ2) is 6.72. The maximum absolute atomic E-state index is 12.1. The smallest absolute Gasteiger partial charge is 0.238 e. The zero-order chi connectivity index (χ0) is 14.5. The number of carbonyl (C=O) groups excluding carboxylic acids is 1. The van der Waals surface area contributed by atoms with Gasteiger partial charge in [-0.3, -0.25) is 14.6 Å². The molecule has 1 aromatic carbocycles. The molecule has 1 amide bonds. The summed E-state index contributed by atoms with van der Waals surface area (Å²) in [6, 6.07) is 7.84. The van der Waals surface area contributed by atoms with Crippen molar-refractivity contribution in [1.29, 1.82) is 0 Å². The van der Waals surface area contributed by atoms with E-state index in [4.69, 9.17) is 5.73 Å². The van der Waals surface area contributed by atoms with Crippen LogP contribution < -0.4 is 11.1 Å². The molecule has 1 fully saturated rings. The van der Waals surface area contributed by atoms with E-state index >= 15 is 0 Å². The topological polar surface area (TPSA) is 61.6 Å². The average Bonchev–Trinajstić information content (AvgIpc) is 2.41. The van der Waals surface area contributed by atoms with Gasteiger partial charge in [-0.15, -0.1) is 0 Å². The lowest BCUT2D eigenvalue weighted by molar-refractivity contribution is -0.118. The van der Waals surface area contributed by atoms with Gasteiger partial charge in [-0.2, -0.15) is 0 Å². The number of nitrogens with zero attached hydrogens (tertiary/aromatic N) is 2. The highest BCUT2D eigenvalue weighted by atomic mass is 16.2. The minimum atomic E-state index is 0.0000449. The first-order valence-electron chi connectivity index (χ1n) is 7.21. The van der Waals surface area contributed by atoms with Crippen molar-refractivity contribution >= 4 is 17.3 Å². The first kappa shape index (κ1) is 14.8. The molecule has 1 aliphatic heterocycles. The Kier molecular flexibility index (Phi) is 4.98. The van der Waals surface area contributed by atoms with Crippen LogP contribution in [0, 0.1) is 0 Å². The number of nitrogen functional groups attached to an aromatic ring is 1. The van der Waals surface area contributed by atoms with Crippen molar-refractivity contribution in [3.8, 4) is 0 Å². The monoisotopic (exact) mass is 276 g/mol. The molecule has 0 aliphatic carbocycles. The predicted octanol–water partition coefficient (Wildman–Crippen LogP) is 1.23. The Balaban J connectivity index is 1.85. The van der Waals surface area contributed by atoms with Crippen LogP contribution in [0.1, 0.15) is 13.8 Å². The van der Waals surface area contributed by atoms with E-state index in [0.29, 0.717) is 24.0 Å². The van der Waals surface area contributed by atoms with E-state index in [2.05, 4.69) is 29.0 Å². The van der Waals surface area contributed by atoms with Gasteiger partial charge in [0, 0.05) is 25.7 Å². The summed E-state index contributed by atoms with van der Waals surface area (Å²) in [5.41, 5.74) is 7.12. The molecule has 0 saturated carbocycles. The zero-order valence-corrected chi connectivity index (χ0v) is 12.3. The van der Waals surface area contributed by atoms with Gasteiger partial charge in [0.15, 0.2) is 0 Å². The maximum Gasteiger partial charge on any atom is 0.238 e. The molecule has 1 saturated heterocycles. The Morgan fingerprint density at radius 1 is 1.40 bits per heavy atom. The third-order valence-electron chi connectivity index (χ3n) is 3.86. The Morgan fingerprint density at radius 3 is 2.80 bits per heavy atom. The number of hydrogen-bond acceptors (Lipinski definition) is 4. The third-order valence-corrected chi connectivity index (χ3v) is 3.86. The van der Waals surface area contributed by atoms with Gasteiger partial charge in [0.2, 0.25) is 5.91 Å². The molecule has 1 heterocycles. The molecule has 0 spiro atoms. The fourth-order valence-electron chi connectivity index (χ4n) is 2.69. The lowest BCUT2D eigenvalue weighted by Gasteiger charge is -2.38. The summed E-state index contributed by atoms with van der Waals surface area (Å²) in [5, 5.41) is 2.88. The number of piperazine rings is 1. The molecule has 1 aromatic rings. The Bertz CT molecular complexity index is 463. The van der Waals surface area contributed by atoms with Crippen LogP contribution in [0.5, 0.6) is 0 Å². The summed E-state index contributed by atoms with van der Waals surface area (Å²) in [5.74, 6) is 0.0000449. The number of likely N-dealkylation sites (N-methyl/N-ethyl adjacent to an activating group) is 1. The highest BCUT2D eigenvalue weighted by Crippen LogP contribution is 2.16. The van der Waals surface area contributed by atoms with Crippen molar-refractivity contribution in [3.63, 3.8) is 0 Å². The Hall–Kier alpha value is -1.59. The van der Waals surface area contributed by atoms with Gasteiger partial charge in [0.1, 0.15) is 0 Å². The summed E-state index contributed by atoms with van der Waals surface area (Å²) >= 11 is 0. The fourth-order valence-corrected chi connectivity index (χ4v) is 2.69. The van der Waals surface area contributed by atoms with E-state index in [1.54, 1.807) is 6.07 Å². The van der Waals surface area contributed by atoms with Crippen molar-refractivity contribution < 1.29 is 4.79 Å². The number of nitrogens with one attached hydrogen (secondary N) is 1. The minimum Gasteiger partial charge on any atom is -0.397 e. The van der Waals surface area contributed by atoms with Crippen LogP contribution in [0.2, 0.25) is 0 Å². The molecular weight excluding hydrogens is 252 g/mol. The molecule has 0 aromatic heterocycles. The Labute approximate surface area is 120 Å². The number of nitrogens with two attached hydrogens (primary N) is 1. The van der Waals surface area contributed by atoms with Gasteiger partial charge in [-0.1, -0.05) is 19.1 Å². The molecule has 0 bridgehead atoms. The molecule has 20 heavy (non-hydrogen) atoms. The van der Waals surface area contributed by atoms with Crippen LogP contribution in [-0.2, 0) is 4.79 Å². The van der Waals surface area contributed by atoms with Gasteiger partial charge >= 0.3 is 0 Å². The van der Waals surface area contributed by atoms with Crippen molar-refractivity contribution in [1.82, 2.24) is 9.80 Å². The molecule has 5 heteroatoms. The number of para-hydroxylation sites is 2. The molecule has 0 radical (unpaired) electrons. The van der Waals surface area contributed by atoms with E-state index < -0.39 is 0 Å². The largest absolute Gasteiger partial charge is 0.397 e. The number of anilines is 2. The highest BCUT2D eigenvalue weighted by Gasteiger charge is 2.23. The number of benzene rings is 1. The van der Waals surface area contributed by atoms with Crippen molar-refractivity contribution in [2.45, 2.75) is 19.9 Å². The van der Waals surface area contributed by atoms with E-state index in [0.717, 1.165) is 26.2 Å². The lowest BCUT2D eigenvalue weighted by atomic mass is 10.2. The van der Waals surface area contributed by atoms with Crippen molar-refractivity contribution in [3.05, 3.63) is 24.3 Å². The molecule has 5 nitrogen and oxygen atoms in total. The molecule has 3 N–H and O–H groups in total. The van der Waals surface area contributed by atoms with E-state index in [-0.39, 0.29) is 5.91 Å². The third kappa shape index (κ3) is 3.71. The number of rotatable bonds is 4. The van der Waals surface area contributed by atoms with Crippen LogP contribution in [-0.4, -0.2) is 54.5 Å². The quantitative estimate of drug-likeness (QED) is 0.812. The first-order valence-corrected chi connectivity index (χ1v) is 7.21. The molecule has 1 unspecified atom stereocenters. The number of amides is 1. The average molecular weight is 276 g/mol. The van der Waals surface area contributed by atoms with Gasteiger partial charge in [0.25, 0.3) is 0 Å². The molecule has 1 aliphatic rings. The zero-order valence-electron chi connectivity index (χ0n) is 12.3. The van der Waals surface area contributed by atoms with Crippen LogP contribution in [0.25, 0.3) is 0 Å². The first-order chi connectivity index (χ1) is 9.60. The summed E-state index contributed by atoms with van der Waals surface area (Å²) < 4.78 is 0. The van der Waals surface area contributed by atoms with Gasteiger partial charge < -0.3 is 11.1 Å². The van der Waals surface area contributed by atoms with Crippen molar-refractivity contribution in [2.75, 3.05) is 43.8 Å². The van der Waals surface area contributed by atoms with Crippen LogP contribution >= 0.6 is 0 Å². The van der Waals surface area contributed by atoms with E-state index in [9.17, 15) is 4.79 Å². The van der Waals surface area contributed by atoms with E-state index in [1.165, 1.54) is 0 Å². The second-order valence-electron chi connectivity index (χ2n) is 5.35. The van der Waals surface area contributed by atoms with Gasteiger partial charge in [0.05, 0.1) is 17.9 Å². The number of hydrogen-bond donors (Lipinski definition) is 2. The van der Waals surface area contributed by atoms with Gasteiger partial charge in [-0.05, 0) is 25.6 Å². The molecule has 1 atom stereocenters. The van der Waals surface area contributed by atoms with Crippen LogP contribution in [0.4, 0.5) is 11.4 Å². The molecule has 2 rings (SSSR count). The molecular formula is C15H24N4O. The van der Waals surface area contributed by atoms with Crippen LogP contribution in [0.3, 0.4) is 0 Å². The van der Waals surface area contributed by atoms with E-state index in [1.807, 2.05) is 18.2 Å².